The summed E-state index contributed by atoms with van der Waals surface area (Å²) in [5.74, 6) is 0.799. The van der Waals surface area contributed by atoms with Gasteiger partial charge in [0.05, 0.1) is 18.5 Å². The smallest absolute Gasteiger partial charge is 0.349 e. The number of hydrogen-bond acceptors (Lipinski definition) is 6. The largest absolute Gasteiger partial charge is 0.497 e. The van der Waals surface area contributed by atoms with Crippen LogP contribution in [0.5, 0.6) is 5.75 Å². The Morgan fingerprint density at radius 2 is 1.86 bits per heavy atom. The zero-order valence-electron chi connectivity index (χ0n) is 12.0. The first-order valence-corrected chi connectivity index (χ1v) is 6.33. The minimum atomic E-state index is -0.651. The molecule has 21 heavy (non-hydrogen) atoms. The number of Topliss-reactive ketones (excluding diaryl/α,β-unsaturated/α-hetero) is 1. The fourth-order valence-corrected chi connectivity index (χ4v) is 1.86. The number of ether oxygens (including phenoxy) is 1. The average molecular weight is 288 g/mol. The van der Waals surface area contributed by atoms with Crippen molar-refractivity contribution in [1.29, 1.82) is 0 Å². The van der Waals surface area contributed by atoms with Gasteiger partial charge in [0.1, 0.15) is 17.1 Å². The number of hydrogen-bond donors (Lipinski definition) is 2. The van der Waals surface area contributed by atoms with E-state index in [0.29, 0.717) is 11.4 Å². The van der Waals surface area contributed by atoms with Crippen LogP contribution in [0.2, 0.25) is 0 Å². The van der Waals surface area contributed by atoms with E-state index in [1.54, 1.807) is 44.4 Å². The van der Waals surface area contributed by atoms with E-state index in [1.165, 1.54) is 6.92 Å². The van der Waals surface area contributed by atoms with Crippen LogP contribution in [0.3, 0.4) is 0 Å². The van der Waals surface area contributed by atoms with Gasteiger partial charge in [-0.15, -0.1) is 0 Å². The summed E-state index contributed by atoms with van der Waals surface area (Å²) >= 11 is 0. The quantitative estimate of drug-likeness (QED) is 0.650. The van der Waals surface area contributed by atoms with Gasteiger partial charge in [0.15, 0.2) is 5.78 Å². The Bertz CT molecular complexity index is 705. The Labute approximate surface area is 121 Å². The number of nitrogens with one attached hydrogen (secondary N) is 2. The first-order valence-electron chi connectivity index (χ1n) is 6.33. The highest BCUT2D eigenvalue weighted by Crippen LogP contribution is 2.18. The van der Waals surface area contributed by atoms with Crippen LogP contribution in [0.1, 0.15) is 23.0 Å². The van der Waals surface area contributed by atoms with E-state index in [4.69, 9.17) is 9.15 Å². The number of methoxy groups -OCH3 is 1. The van der Waals surface area contributed by atoms with Crippen LogP contribution in [0.25, 0.3) is 0 Å². The van der Waals surface area contributed by atoms with Gasteiger partial charge in [-0.25, -0.2) is 4.79 Å². The Balaban J connectivity index is 2.22. The molecule has 6 nitrogen and oxygen atoms in total. The van der Waals surface area contributed by atoms with Crippen LogP contribution in [0.4, 0.5) is 11.4 Å². The number of carbonyl (C=O) groups excluding carboxylic acids is 1. The molecule has 1 heterocycles. The summed E-state index contributed by atoms with van der Waals surface area (Å²) in [6.07, 6.45) is 0. The highest BCUT2D eigenvalue weighted by molar-refractivity contribution is 5.99. The van der Waals surface area contributed by atoms with Crippen LogP contribution in [-0.4, -0.2) is 12.9 Å². The first kappa shape index (κ1) is 14.6. The number of anilines is 2. The van der Waals surface area contributed by atoms with Crippen molar-refractivity contribution in [1.82, 2.24) is 0 Å². The predicted octanol–water partition coefficient (Wildman–Crippen LogP) is 2.60. The molecule has 1 aromatic heterocycles. The number of aryl methyl sites for hydroxylation is 1. The summed E-state index contributed by atoms with van der Waals surface area (Å²) in [5.41, 5.74) is 6.26. The van der Waals surface area contributed by atoms with E-state index >= 15 is 0 Å². The van der Waals surface area contributed by atoms with Crippen LogP contribution < -0.4 is 21.2 Å². The highest BCUT2D eigenvalue weighted by Gasteiger charge is 2.14. The minimum absolute atomic E-state index is 0.0124. The third kappa shape index (κ3) is 3.42. The van der Waals surface area contributed by atoms with Gasteiger partial charge in [0, 0.05) is 6.07 Å². The molecular formula is C15H16N2O4. The van der Waals surface area contributed by atoms with Gasteiger partial charge in [-0.3, -0.25) is 10.2 Å². The van der Waals surface area contributed by atoms with Gasteiger partial charge >= 0.3 is 5.63 Å². The second-order valence-corrected chi connectivity index (χ2v) is 4.47. The van der Waals surface area contributed by atoms with Crippen molar-refractivity contribution in [3.8, 4) is 5.75 Å². The monoisotopic (exact) mass is 288 g/mol. The summed E-state index contributed by atoms with van der Waals surface area (Å²) in [7, 11) is 1.59. The molecule has 110 valence electrons. The number of ketones is 1. The number of rotatable bonds is 5. The average Bonchev–Trinajstić information content (AvgIpc) is 2.44. The van der Waals surface area contributed by atoms with Gasteiger partial charge in [0.2, 0.25) is 0 Å². The molecule has 2 N–H and O–H groups in total. The zero-order valence-corrected chi connectivity index (χ0v) is 12.0. The van der Waals surface area contributed by atoms with Crippen molar-refractivity contribution in [2.45, 2.75) is 13.8 Å². The molecule has 2 aromatic rings. The van der Waals surface area contributed by atoms with Crippen LogP contribution in [-0.2, 0) is 0 Å². The molecule has 0 atom stereocenters. The van der Waals surface area contributed by atoms with E-state index < -0.39 is 5.63 Å². The summed E-state index contributed by atoms with van der Waals surface area (Å²) < 4.78 is 10.00. The molecule has 0 saturated carbocycles. The lowest BCUT2D eigenvalue weighted by atomic mass is 10.1. The number of carbonyl (C=O) groups is 1. The lowest BCUT2D eigenvalue weighted by Gasteiger charge is -2.12. The highest BCUT2D eigenvalue weighted by atomic mass is 16.5. The van der Waals surface area contributed by atoms with Crippen molar-refractivity contribution < 1.29 is 13.9 Å². The van der Waals surface area contributed by atoms with Crippen molar-refractivity contribution in [3.63, 3.8) is 0 Å². The fourth-order valence-electron chi connectivity index (χ4n) is 1.86. The van der Waals surface area contributed by atoms with Crippen molar-refractivity contribution in [3.05, 3.63) is 52.1 Å². The van der Waals surface area contributed by atoms with Gasteiger partial charge in [-0.05, 0) is 38.1 Å². The predicted molar refractivity (Wildman–Crippen MR) is 80.0 cm³/mol. The van der Waals surface area contributed by atoms with E-state index in [1.807, 2.05) is 0 Å². The molecule has 0 aliphatic heterocycles. The minimum Gasteiger partial charge on any atom is -0.497 e. The molecule has 0 amide bonds. The van der Waals surface area contributed by atoms with E-state index in [9.17, 15) is 9.59 Å². The molecular weight excluding hydrogens is 272 g/mol. The second kappa shape index (κ2) is 6.13. The Morgan fingerprint density at radius 3 is 2.43 bits per heavy atom. The first-order chi connectivity index (χ1) is 10.0. The molecule has 0 aliphatic carbocycles. The second-order valence-electron chi connectivity index (χ2n) is 4.47. The summed E-state index contributed by atoms with van der Waals surface area (Å²) in [6, 6.07) is 8.78. The molecule has 0 saturated heterocycles. The van der Waals surface area contributed by atoms with E-state index in [0.717, 1.165) is 11.4 Å². The maximum absolute atomic E-state index is 11.7. The molecule has 0 spiro atoms. The topological polar surface area (TPSA) is 80.6 Å². The lowest BCUT2D eigenvalue weighted by Crippen LogP contribution is -2.19. The summed E-state index contributed by atoms with van der Waals surface area (Å²) in [6.45, 7) is 2.96. The molecule has 0 radical (unpaired) electrons. The van der Waals surface area contributed by atoms with Gasteiger partial charge in [-0.2, -0.15) is 0 Å². The third-order valence-electron chi connectivity index (χ3n) is 2.86. The van der Waals surface area contributed by atoms with Crippen LogP contribution in [0.15, 0.2) is 39.5 Å². The maximum atomic E-state index is 11.7. The van der Waals surface area contributed by atoms with E-state index in [2.05, 4.69) is 10.9 Å². The number of hydrazine groups is 1. The molecule has 0 bridgehead atoms. The Kier molecular flexibility index (Phi) is 4.27. The molecule has 0 aliphatic rings. The lowest BCUT2D eigenvalue weighted by molar-refractivity contribution is 0.101. The molecule has 0 unspecified atom stereocenters. The molecule has 0 fully saturated rings. The fraction of sp³-hybridized carbons (Fsp3) is 0.200. The van der Waals surface area contributed by atoms with Crippen molar-refractivity contribution in [2.24, 2.45) is 0 Å². The van der Waals surface area contributed by atoms with Crippen LogP contribution >= 0.6 is 0 Å². The summed E-state index contributed by atoms with van der Waals surface area (Å²) in [4.78, 5) is 23.3. The maximum Gasteiger partial charge on any atom is 0.349 e. The van der Waals surface area contributed by atoms with Gasteiger partial charge < -0.3 is 14.6 Å². The standard InChI is InChI=1S/C15H16N2O4/c1-9-8-13(14(10(2)18)15(19)21-9)17-16-11-4-6-12(20-3)7-5-11/h4-8,16-17H,1-3H3. The van der Waals surface area contributed by atoms with Crippen molar-refractivity contribution >= 4 is 17.2 Å². The molecule has 2 rings (SSSR count). The van der Waals surface area contributed by atoms with Crippen molar-refractivity contribution in [2.75, 3.05) is 18.0 Å². The Hall–Kier alpha value is -2.76. The van der Waals surface area contributed by atoms with Gasteiger partial charge in [-0.1, -0.05) is 0 Å². The molecule has 1 aromatic carbocycles. The summed E-state index contributed by atoms with van der Waals surface area (Å²) in [5, 5.41) is 0. The van der Waals surface area contributed by atoms with E-state index in [-0.39, 0.29) is 11.3 Å². The Morgan fingerprint density at radius 1 is 1.19 bits per heavy atom. The normalized spacial score (nSPS) is 10.0. The van der Waals surface area contributed by atoms with Gasteiger partial charge in [0.25, 0.3) is 0 Å². The molecule has 6 heteroatoms. The third-order valence-corrected chi connectivity index (χ3v) is 2.86. The zero-order chi connectivity index (χ0) is 15.4. The van der Waals surface area contributed by atoms with Crippen LogP contribution in [0, 0.1) is 6.92 Å². The SMILES string of the molecule is COc1ccc(NNc2cc(C)oc(=O)c2C(C)=O)cc1. The number of benzene rings is 1.